The molecule has 0 spiro atoms. The summed E-state index contributed by atoms with van der Waals surface area (Å²) >= 11 is 0. The molecule has 1 aromatic rings. The third-order valence-corrected chi connectivity index (χ3v) is 4.72. The standard InChI is InChI=1S/C15H19N3O7S/c1-10(19)16-12(8-11-6-4-3-5-7-11)13(20)17-15(25-2)9-18(14(15)21)26(22,23)24/h3-7,12H,8-9H2,1-2H3,(H,16,19)(H,17,20)(H,22,23,24). The zero-order valence-electron chi connectivity index (χ0n) is 14.1. The first kappa shape index (κ1) is 19.8. The summed E-state index contributed by atoms with van der Waals surface area (Å²) in [5, 5.41) is 4.79. The summed E-state index contributed by atoms with van der Waals surface area (Å²) < 4.78 is 36.2. The molecule has 0 aliphatic carbocycles. The Labute approximate surface area is 150 Å². The van der Waals surface area contributed by atoms with E-state index in [1.54, 1.807) is 30.3 Å². The highest BCUT2D eigenvalue weighted by Crippen LogP contribution is 2.26. The number of amides is 3. The molecule has 2 unspecified atom stereocenters. The molecular formula is C15H19N3O7S. The summed E-state index contributed by atoms with van der Waals surface area (Å²) in [6.45, 7) is 0.664. The molecule has 1 heterocycles. The van der Waals surface area contributed by atoms with Crippen molar-refractivity contribution in [2.45, 2.75) is 25.1 Å². The van der Waals surface area contributed by atoms with Gasteiger partial charge in [-0.2, -0.15) is 8.42 Å². The van der Waals surface area contributed by atoms with Crippen molar-refractivity contribution in [3.8, 4) is 0 Å². The lowest BCUT2D eigenvalue weighted by molar-refractivity contribution is -0.180. The molecule has 1 aliphatic heterocycles. The van der Waals surface area contributed by atoms with Crippen LogP contribution in [0.2, 0.25) is 0 Å². The van der Waals surface area contributed by atoms with E-state index < -0.39 is 46.3 Å². The van der Waals surface area contributed by atoms with E-state index in [2.05, 4.69) is 10.6 Å². The van der Waals surface area contributed by atoms with E-state index in [0.29, 0.717) is 0 Å². The molecule has 2 rings (SSSR count). The van der Waals surface area contributed by atoms with Gasteiger partial charge in [-0.1, -0.05) is 30.3 Å². The molecule has 26 heavy (non-hydrogen) atoms. The number of rotatable bonds is 7. The maximum atomic E-state index is 12.6. The van der Waals surface area contributed by atoms with Crippen LogP contribution in [0.5, 0.6) is 0 Å². The summed E-state index contributed by atoms with van der Waals surface area (Å²) in [5.41, 5.74) is -1.15. The second-order valence-electron chi connectivity index (χ2n) is 5.75. The quantitative estimate of drug-likeness (QED) is 0.305. The van der Waals surface area contributed by atoms with E-state index in [1.807, 2.05) is 0 Å². The van der Waals surface area contributed by atoms with Crippen molar-refractivity contribution in [2.24, 2.45) is 0 Å². The number of carbonyl (C=O) groups is 3. The van der Waals surface area contributed by atoms with Crippen LogP contribution in [0.4, 0.5) is 0 Å². The number of nitrogens with one attached hydrogen (secondary N) is 2. The van der Waals surface area contributed by atoms with E-state index in [9.17, 15) is 22.8 Å². The van der Waals surface area contributed by atoms with Crippen molar-refractivity contribution in [1.29, 1.82) is 0 Å². The second-order valence-corrected chi connectivity index (χ2v) is 7.09. The summed E-state index contributed by atoms with van der Waals surface area (Å²) in [5.74, 6) is -2.31. The van der Waals surface area contributed by atoms with Crippen LogP contribution in [0.15, 0.2) is 30.3 Å². The fraction of sp³-hybridized carbons (Fsp3) is 0.400. The van der Waals surface area contributed by atoms with Gasteiger partial charge in [-0.05, 0) is 5.56 Å². The molecule has 0 radical (unpaired) electrons. The molecule has 1 aromatic carbocycles. The van der Waals surface area contributed by atoms with E-state index in [0.717, 1.165) is 12.7 Å². The minimum absolute atomic E-state index is 0.155. The van der Waals surface area contributed by atoms with Crippen LogP contribution in [0, 0.1) is 0 Å². The van der Waals surface area contributed by atoms with Gasteiger partial charge in [0.25, 0.3) is 5.91 Å². The Morgan fingerprint density at radius 2 is 1.96 bits per heavy atom. The van der Waals surface area contributed by atoms with Gasteiger partial charge in [0, 0.05) is 20.5 Å². The minimum atomic E-state index is -4.74. The molecule has 10 nitrogen and oxygen atoms in total. The number of nitrogens with zero attached hydrogens (tertiary/aromatic N) is 1. The zero-order chi connectivity index (χ0) is 19.5. The Hall–Kier alpha value is -2.50. The fourth-order valence-electron chi connectivity index (χ4n) is 2.52. The fourth-order valence-corrected chi connectivity index (χ4v) is 3.23. The molecule has 0 saturated carbocycles. The molecule has 3 amide bonds. The number of β-lactam (4-membered cyclic amide) rings is 1. The van der Waals surface area contributed by atoms with Crippen molar-refractivity contribution in [2.75, 3.05) is 13.7 Å². The van der Waals surface area contributed by atoms with Crippen molar-refractivity contribution >= 4 is 28.0 Å². The van der Waals surface area contributed by atoms with Crippen molar-refractivity contribution < 1.29 is 32.1 Å². The summed E-state index contributed by atoms with van der Waals surface area (Å²) in [6, 6.07) is 7.87. The number of hydrogen-bond acceptors (Lipinski definition) is 6. The van der Waals surface area contributed by atoms with E-state index in [1.165, 1.54) is 6.92 Å². The minimum Gasteiger partial charge on any atom is -0.349 e. The first-order valence-electron chi connectivity index (χ1n) is 7.57. The van der Waals surface area contributed by atoms with Crippen LogP contribution >= 0.6 is 0 Å². The Morgan fingerprint density at radius 1 is 1.35 bits per heavy atom. The lowest BCUT2D eigenvalue weighted by Gasteiger charge is -2.45. The Morgan fingerprint density at radius 3 is 2.42 bits per heavy atom. The van der Waals surface area contributed by atoms with Crippen LogP contribution in [0.3, 0.4) is 0 Å². The van der Waals surface area contributed by atoms with Crippen LogP contribution in [-0.2, 0) is 35.8 Å². The first-order chi connectivity index (χ1) is 12.1. The number of methoxy groups -OCH3 is 1. The normalized spacial score (nSPS) is 20.9. The van der Waals surface area contributed by atoms with Gasteiger partial charge in [-0.3, -0.25) is 18.9 Å². The van der Waals surface area contributed by atoms with Gasteiger partial charge in [0.1, 0.15) is 6.04 Å². The van der Waals surface area contributed by atoms with Crippen molar-refractivity contribution in [1.82, 2.24) is 14.9 Å². The zero-order valence-corrected chi connectivity index (χ0v) is 14.9. The molecule has 0 bridgehead atoms. The van der Waals surface area contributed by atoms with Gasteiger partial charge in [-0.25, -0.2) is 4.31 Å². The van der Waals surface area contributed by atoms with Gasteiger partial charge in [-0.15, -0.1) is 0 Å². The lowest BCUT2D eigenvalue weighted by atomic mass is 10.0. The molecule has 1 saturated heterocycles. The van der Waals surface area contributed by atoms with Crippen LogP contribution < -0.4 is 10.6 Å². The lowest BCUT2D eigenvalue weighted by Crippen LogP contribution is -2.77. The summed E-state index contributed by atoms with van der Waals surface area (Å²) in [4.78, 5) is 36.0. The van der Waals surface area contributed by atoms with Crippen LogP contribution in [0.1, 0.15) is 12.5 Å². The monoisotopic (exact) mass is 385 g/mol. The van der Waals surface area contributed by atoms with E-state index in [4.69, 9.17) is 9.29 Å². The molecule has 2 atom stereocenters. The second kappa shape index (κ2) is 7.40. The number of ether oxygens (including phenoxy) is 1. The van der Waals surface area contributed by atoms with Crippen molar-refractivity contribution in [3.05, 3.63) is 35.9 Å². The largest absolute Gasteiger partial charge is 0.362 e. The third kappa shape index (κ3) is 4.18. The molecular weight excluding hydrogens is 366 g/mol. The predicted molar refractivity (Wildman–Crippen MR) is 88.9 cm³/mol. The Kier molecular flexibility index (Phi) is 5.64. The van der Waals surface area contributed by atoms with E-state index in [-0.39, 0.29) is 10.7 Å². The summed E-state index contributed by atoms with van der Waals surface area (Å²) in [7, 11) is -3.62. The van der Waals surface area contributed by atoms with Gasteiger partial charge in [0.05, 0.1) is 6.54 Å². The highest BCUT2D eigenvalue weighted by molar-refractivity contribution is 7.84. The molecule has 3 N–H and O–H groups in total. The van der Waals surface area contributed by atoms with Gasteiger partial charge in [0.15, 0.2) is 0 Å². The highest BCUT2D eigenvalue weighted by atomic mass is 32.2. The maximum Gasteiger partial charge on any atom is 0.362 e. The van der Waals surface area contributed by atoms with Gasteiger partial charge >= 0.3 is 10.3 Å². The Balaban J connectivity index is 2.15. The molecule has 142 valence electrons. The third-order valence-electron chi connectivity index (χ3n) is 3.87. The smallest absolute Gasteiger partial charge is 0.349 e. The molecule has 0 aromatic heterocycles. The maximum absolute atomic E-state index is 12.6. The van der Waals surface area contributed by atoms with Crippen LogP contribution in [0.25, 0.3) is 0 Å². The molecule has 1 fully saturated rings. The summed E-state index contributed by atoms with van der Waals surface area (Å²) in [6.07, 6.45) is 0.155. The number of carbonyl (C=O) groups excluding carboxylic acids is 3. The van der Waals surface area contributed by atoms with Crippen LogP contribution in [-0.4, -0.2) is 60.4 Å². The molecule has 11 heteroatoms. The van der Waals surface area contributed by atoms with Gasteiger partial charge < -0.3 is 15.4 Å². The van der Waals surface area contributed by atoms with Gasteiger partial charge in [0.2, 0.25) is 17.5 Å². The van der Waals surface area contributed by atoms with Crippen molar-refractivity contribution in [3.63, 3.8) is 0 Å². The average molecular weight is 385 g/mol. The average Bonchev–Trinajstić information content (AvgIpc) is 2.56. The SMILES string of the molecule is COC1(NC(=O)C(Cc2ccccc2)NC(C)=O)CN(S(=O)(=O)O)C1=O. The Bertz CT molecular complexity index is 812. The topological polar surface area (TPSA) is 142 Å². The highest BCUT2D eigenvalue weighted by Gasteiger charge is 2.59. The van der Waals surface area contributed by atoms with E-state index >= 15 is 0 Å². The molecule has 1 aliphatic rings. The number of hydrogen-bond donors (Lipinski definition) is 3. The number of benzene rings is 1. The first-order valence-corrected chi connectivity index (χ1v) is 8.96. The predicted octanol–water partition coefficient (Wildman–Crippen LogP) is -1.16.